The van der Waals surface area contributed by atoms with Crippen molar-refractivity contribution >= 4 is 10.0 Å². The van der Waals surface area contributed by atoms with Gasteiger partial charge in [-0.3, -0.25) is 9.69 Å². The Balaban J connectivity index is 1.52. The monoisotopic (exact) mass is 420 g/mol. The quantitative estimate of drug-likeness (QED) is 0.812. The second kappa shape index (κ2) is 7.97. The number of aromatic amines is 1. The fourth-order valence-corrected chi connectivity index (χ4v) is 4.97. The van der Waals surface area contributed by atoms with Gasteiger partial charge in [0.25, 0.3) is 5.56 Å². The van der Waals surface area contributed by atoms with Gasteiger partial charge in [-0.25, -0.2) is 17.8 Å². The molecule has 29 heavy (non-hydrogen) atoms. The molecule has 2 aromatic rings. The molecular weight excluding hydrogens is 395 g/mol. The van der Waals surface area contributed by atoms with Crippen molar-refractivity contribution < 1.29 is 12.8 Å². The first-order valence-electron chi connectivity index (χ1n) is 9.84. The molecule has 1 aromatic heterocycles. The third-order valence-electron chi connectivity index (χ3n) is 5.76. The van der Waals surface area contributed by atoms with Gasteiger partial charge in [0.2, 0.25) is 10.0 Å². The maximum atomic E-state index is 14.0. The first-order chi connectivity index (χ1) is 13.8. The maximum Gasteiger partial charge on any atom is 0.255 e. The molecule has 156 valence electrons. The number of piperidine rings is 1. The molecule has 4 rings (SSSR count). The highest BCUT2D eigenvalue weighted by molar-refractivity contribution is 7.88. The molecule has 0 amide bonds. The Morgan fingerprint density at radius 1 is 1.28 bits per heavy atom. The summed E-state index contributed by atoms with van der Waals surface area (Å²) < 4.78 is 38.9. The number of rotatable bonds is 4. The van der Waals surface area contributed by atoms with E-state index in [2.05, 4.69) is 9.88 Å². The first-order valence-corrected chi connectivity index (χ1v) is 11.7. The van der Waals surface area contributed by atoms with Crippen LogP contribution in [-0.4, -0.2) is 53.5 Å². The number of benzene rings is 1. The van der Waals surface area contributed by atoms with Crippen LogP contribution in [0.25, 0.3) is 0 Å². The summed E-state index contributed by atoms with van der Waals surface area (Å²) in [7, 11) is -3.34. The minimum Gasteiger partial charge on any atom is -0.310 e. The molecular formula is C20H25FN4O3S. The SMILES string of the molecule is CS(=O)(=O)N1CCc2nc([C@@H]3CCCN(Cc4ccccc4F)C3)[nH]c(=O)c2C1. The molecule has 1 aromatic carbocycles. The van der Waals surface area contributed by atoms with E-state index in [9.17, 15) is 17.6 Å². The summed E-state index contributed by atoms with van der Waals surface area (Å²) >= 11 is 0. The predicted octanol–water partition coefficient (Wildman–Crippen LogP) is 1.61. The van der Waals surface area contributed by atoms with E-state index in [4.69, 9.17) is 4.98 Å². The van der Waals surface area contributed by atoms with Gasteiger partial charge in [-0.15, -0.1) is 0 Å². The minimum atomic E-state index is -3.34. The maximum absolute atomic E-state index is 14.0. The number of hydrogen-bond donors (Lipinski definition) is 1. The summed E-state index contributed by atoms with van der Waals surface area (Å²) in [5, 5.41) is 0. The van der Waals surface area contributed by atoms with Crippen LogP contribution in [-0.2, 0) is 29.5 Å². The average Bonchev–Trinajstić information content (AvgIpc) is 2.69. The van der Waals surface area contributed by atoms with E-state index in [1.54, 1.807) is 12.1 Å². The van der Waals surface area contributed by atoms with Gasteiger partial charge in [0.05, 0.1) is 17.5 Å². The Bertz CT molecular complexity index is 1070. The van der Waals surface area contributed by atoms with Gasteiger partial charge in [0.1, 0.15) is 11.6 Å². The number of halogens is 1. The first kappa shape index (κ1) is 20.2. The fourth-order valence-electron chi connectivity index (χ4n) is 4.19. The van der Waals surface area contributed by atoms with Crippen LogP contribution < -0.4 is 5.56 Å². The van der Waals surface area contributed by atoms with E-state index in [0.29, 0.717) is 48.7 Å². The van der Waals surface area contributed by atoms with E-state index in [1.165, 1.54) is 10.4 Å². The Morgan fingerprint density at radius 2 is 2.07 bits per heavy atom. The molecule has 2 aliphatic rings. The van der Waals surface area contributed by atoms with Gasteiger partial charge in [0, 0.05) is 44.1 Å². The van der Waals surface area contributed by atoms with Crippen molar-refractivity contribution in [1.82, 2.24) is 19.2 Å². The van der Waals surface area contributed by atoms with Gasteiger partial charge in [-0.1, -0.05) is 18.2 Å². The van der Waals surface area contributed by atoms with Crippen molar-refractivity contribution in [3.63, 3.8) is 0 Å². The number of fused-ring (bicyclic) bond motifs is 1. The lowest BCUT2D eigenvalue weighted by molar-refractivity contribution is 0.194. The number of sulfonamides is 1. The van der Waals surface area contributed by atoms with E-state index in [1.807, 2.05) is 6.07 Å². The highest BCUT2D eigenvalue weighted by atomic mass is 32.2. The number of aromatic nitrogens is 2. The lowest BCUT2D eigenvalue weighted by Gasteiger charge is -2.33. The van der Waals surface area contributed by atoms with Gasteiger partial charge in [-0.2, -0.15) is 4.31 Å². The molecule has 0 radical (unpaired) electrons. The molecule has 7 nitrogen and oxygen atoms in total. The second-order valence-corrected chi connectivity index (χ2v) is 9.87. The molecule has 1 fully saturated rings. The summed E-state index contributed by atoms with van der Waals surface area (Å²) in [6, 6.07) is 6.79. The van der Waals surface area contributed by atoms with Crippen molar-refractivity contribution in [2.75, 3.05) is 25.9 Å². The van der Waals surface area contributed by atoms with Crippen LogP contribution >= 0.6 is 0 Å². The Kier molecular flexibility index (Phi) is 5.54. The van der Waals surface area contributed by atoms with Crippen LogP contribution in [0.2, 0.25) is 0 Å². The third-order valence-corrected chi connectivity index (χ3v) is 7.01. The molecule has 1 atom stereocenters. The normalized spacial score (nSPS) is 21.1. The molecule has 0 unspecified atom stereocenters. The fraction of sp³-hybridized carbons (Fsp3) is 0.500. The number of nitrogens with one attached hydrogen (secondary N) is 1. The number of hydrogen-bond acceptors (Lipinski definition) is 5. The van der Waals surface area contributed by atoms with Crippen LogP contribution in [0.4, 0.5) is 4.39 Å². The Hall–Kier alpha value is -2.10. The molecule has 1 N–H and O–H groups in total. The Labute approximate surface area is 169 Å². The van der Waals surface area contributed by atoms with Crippen LogP contribution in [0, 0.1) is 5.82 Å². The Morgan fingerprint density at radius 3 is 2.83 bits per heavy atom. The molecule has 3 heterocycles. The van der Waals surface area contributed by atoms with E-state index < -0.39 is 10.0 Å². The van der Waals surface area contributed by atoms with Crippen LogP contribution in [0.15, 0.2) is 29.1 Å². The van der Waals surface area contributed by atoms with Gasteiger partial charge < -0.3 is 4.98 Å². The van der Waals surface area contributed by atoms with Gasteiger partial charge >= 0.3 is 0 Å². The smallest absolute Gasteiger partial charge is 0.255 e. The molecule has 0 saturated carbocycles. The largest absolute Gasteiger partial charge is 0.310 e. The average molecular weight is 421 g/mol. The topological polar surface area (TPSA) is 86.4 Å². The molecule has 0 spiro atoms. The van der Waals surface area contributed by atoms with Crippen molar-refractivity contribution in [2.24, 2.45) is 0 Å². The van der Waals surface area contributed by atoms with Gasteiger partial charge in [0.15, 0.2) is 0 Å². The minimum absolute atomic E-state index is 0.0703. The van der Waals surface area contributed by atoms with Crippen molar-refractivity contribution in [1.29, 1.82) is 0 Å². The lowest BCUT2D eigenvalue weighted by Crippen LogP contribution is -2.40. The molecule has 0 aliphatic carbocycles. The number of H-pyrrole nitrogens is 1. The van der Waals surface area contributed by atoms with Crippen molar-refractivity contribution in [2.45, 2.75) is 38.3 Å². The zero-order valence-electron chi connectivity index (χ0n) is 16.4. The molecule has 9 heteroatoms. The van der Waals surface area contributed by atoms with Crippen LogP contribution in [0.1, 0.15) is 41.4 Å². The summed E-state index contributed by atoms with van der Waals surface area (Å²) in [4.78, 5) is 22.4. The highest BCUT2D eigenvalue weighted by Crippen LogP contribution is 2.27. The standard InChI is InChI=1S/C20H25FN4O3S/c1-29(27,28)25-10-8-18-16(13-25)20(26)23-19(22-18)15-6-4-9-24(12-15)11-14-5-2-3-7-17(14)21/h2-3,5,7,15H,4,6,8-13H2,1H3,(H,22,23,26)/t15-/m1/s1. The number of likely N-dealkylation sites (tertiary alicyclic amines) is 1. The molecule has 2 aliphatic heterocycles. The zero-order chi connectivity index (χ0) is 20.6. The van der Waals surface area contributed by atoms with E-state index >= 15 is 0 Å². The highest BCUT2D eigenvalue weighted by Gasteiger charge is 2.29. The van der Waals surface area contributed by atoms with Crippen LogP contribution in [0.5, 0.6) is 0 Å². The summed E-state index contributed by atoms with van der Waals surface area (Å²) in [5.74, 6) is 0.520. The van der Waals surface area contributed by atoms with Crippen molar-refractivity contribution in [3.05, 3.63) is 63.1 Å². The van der Waals surface area contributed by atoms with Crippen molar-refractivity contribution in [3.8, 4) is 0 Å². The van der Waals surface area contributed by atoms with E-state index in [-0.39, 0.29) is 23.8 Å². The second-order valence-electron chi connectivity index (χ2n) is 7.89. The molecule has 1 saturated heterocycles. The number of nitrogens with zero attached hydrogens (tertiary/aromatic N) is 3. The van der Waals surface area contributed by atoms with E-state index in [0.717, 1.165) is 25.6 Å². The van der Waals surface area contributed by atoms with Crippen LogP contribution in [0.3, 0.4) is 0 Å². The molecule has 0 bridgehead atoms. The zero-order valence-corrected chi connectivity index (χ0v) is 17.2. The summed E-state index contributed by atoms with van der Waals surface area (Å²) in [6.45, 7) is 2.52. The van der Waals surface area contributed by atoms with Gasteiger partial charge in [-0.05, 0) is 25.5 Å². The summed E-state index contributed by atoms with van der Waals surface area (Å²) in [6.07, 6.45) is 3.44. The summed E-state index contributed by atoms with van der Waals surface area (Å²) in [5.41, 5.74) is 1.53. The third kappa shape index (κ3) is 4.41. The lowest BCUT2D eigenvalue weighted by atomic mass is 9.96. The predicted molar refractivity (Wildman–Crippen MR) is 107 cm³/mol.